The molecule has 0 spiro atoms. The molecule has 0 aliphatic carbocycles. The summed E-state index contributed by atoms with van der Waals surface area (Å²) in [6.45, 7) is 0.568. The molecule has 230 valence electrons. The molecule has 3 rings (SSSR count). The number of carbonyl (C=O) groups excluding carboxylic acids is 2. The molecule has 1 aromatic heterocycles. The number of aromatic amines is 1. The number of rotatable bonds is 10. The molecule has 2 unspecified atom stereocenters. The van der Waals surface area contributed by atoms with Crippen molar-refractivity contribution in [3.63, 3.8) is 0 Å². The van der Waals surface area contributed by atoms with Gasteiger partial charge >= 0.3 is 11.9 Å². The molecular formula is C20H35CaN7O13. The normalized spacial score (nSPS) is 12.8. The molecule has 2 radical (unpaired) electrons. The first kappa shape index (κ1) is 47.2. The summed E-state index contributed by atoms with van der Waals surface area (Å²) >= 11 is 0. The molecule has 0 bridgehead atoms. The quantitative estimate of drug-likeness (QED) is 0.0966. The van der Waals surface area contributed by atoms with Crippen LogP contribution in [-0.2, 0) is 14.4 Å². The number of nitrogens with zero attached hydrogens (tertiary/aromatic N) is 2. The molecule has 1 aliphatic heterocycles. The Labute approximate surface area is 261 Å². The Balaban J connectivity index is -0.000000617. The van der Waals surface area contributed by atoms with Gasteiger partial charge in [-0.2, -0.15) is 4.98 Å². The fourth-order valence-electron chi connectivity index (χ4n) is 3.39. The van der Waals surface area contributed by atoms with E-state index >= 15 is 0 Å². The van der Waals surface area contributed by atoms with Gasteiger partial charge in [0.05, 0.1) is 6.04 Å². The van der Waals surface area contributed by atoms with Crippen LogP contribution < -0.4 is 32.1 Å². The summed E-state index contributed by atoms with van der Waals surface area (Å²) in [7, 11) is 0. The largest absolute Gasteiger partial charge is 0.481 e. The average Bonchev–Trinajstić information content (AvgIpc) is 2.79. The number of H-pyrrole nitrogens is 1. The minimum atomic E-state index is -1.33. The van der Waals surface area contributed by atoms with Crippen LogP contribution in [0, 0.1) is 0 Å². The number of amides is 2. The molecule has 20 nitrogen and oxygen atoms in total. The monoisotopic (exact) mass is 621 g/mol. The molecule has 20 N–H and O–H groups in total. The number of aromatic nitrogens is 2. The number of nitrogens with one attached hydrogen (secondary N) is 4. The van der Waals surface area contributed by atoms with E-state index in [-0.39, 0.29) is 107 Å². The summed E-state index contributed by atoms with van der Waals surface area (Å²) in [4.78, 5) is 65.7. The number of hydrogen-bond donors (Lipinski definition) is 7. The van der Waals surface area contributed by atoms with Gasteiger partial charge in [-0.25, -0.2) is 4.79 Å². The third kappa shape index (κ3) is 12.2. The summed E-state index contributed by atoms with van der Waals surface area (Å²) in [6.07, 6.45) is -0.101. The van der Waals surface area contributed by atoms with Crippen molar-refractivity contribution in [1.29, 1.82) is 0 Å². The Kier molecular flexibility index (Phi) is 24.4. The molecule has 21 heteroatoms. The van der Waals surface area contributed by atoms with Gasteiger partial charge in [-0.05, 0) is 30.7 Å². The van der Waals surface area contributed by atoms with Crippen LogP contribution in [0.5, 0.6) is 0 Å². The van der Waals surface area contributed by atoms with Crippen molar-refractivity contribution >= 4 is 85.1 Å². The van der Waals surface area contributed by atoms with Crippen LogP contribution in [-0.4, -0.2) is 140 Å². The first-order valence-corrected chi connectivity index (χ1v) is 10.2. The molecular weight excluding hydrogens is 586 g/mol. The van der Waals surface area contributed by atoms with Crippen LogP contribution in [0.2, 0.25) is 0 Å². The number of aliphatic carboxylic acids is 2. The van der Waals surface area contributed by atoms with Crippen molar-refractivity contribution in [1.82, 2.24) is 15.3 Å². The summed E-state index contributed by atoms with van der Waals surface area (Å²) < 4.78 is 0. The van der Waals surface area contributed by atoms with Crippen molar-refractivity contribution < 1.29 is 62.2 Å². The summed E-state index contributed by atoms with van der Waals surface area (Å²) in [5.41, 5.74) is 5.84. The topological polar surface area (TPSA) is 409 Å². The van der Waals surface area contributed by atoms with Gasteiger partial charge in [-0.1, -0.05) is 0 Å². The Bertz CT molecular complexity index is 1170. The molecule has 2 aromatic rings. The molecule has 0 saturated heterocycles. The van der Waals surface area contributed by atoms with E-state index in [0.717, 1.165) is 0 Å². The molecule has 0 saturated carbocycles. The van der Waals surface area contributed by atoms with E-state index in [1.807, 2.05) is 0 Å². The Morgan fingerprint density at radius 2 is 1.68 bits per heavy atom. The van der Waals surface area contributed by atoms with Crippen molar-refractivity contribution in [2.24, 2.45) is 0 Å². The Hall–Kier alpha value is -3.60. The predicted octanol–water partition coefficient (Wildman–Crippen LogP) is -6.06. The minimum Gasteiger partial charge on any atom is -0.481 e. The number of nitrogen functional groups attached to an aromatic ring is 1. The van der Waals surface area contributed by atoms with Gasteiger partial charge in [0.15, 0.2) is 11.5 Å². The van der Waals surface area contributed by atoms with Gasteiger partial charge < -0.3 is 69.7 Å². The number of fused-ring (bicyclic) bond motifs is 1. The second-order valence-electron chi connectivity index (χ2n) is 7.45. The van der Waals surface area contributed by atoms with Crippen LogP contribution in [0.15, 0.2) is 29.1 Å². The van der Waals surface area contributed by atoms with Crippen molar-refractivity contribution in [2.75, 3.05) is 34.4 Å². The fraction of sp³-hybridized carbons (Fsp3) is 0.300. The molecule has 2 amide bonds. The smallest absolute Gasteiger partial charge is 0.326 e. The molecule has 41 heavy (non-hydrogen) atoms. The maximum absolute atomic E-state index is 12.3. The maximum atomic E-state index is 12.3. The zero-order chi connectivity index (χ0) is 24.8. The van der Waals surface area contributed by atoms with Crippen molar-refractivity contribution in [3.8, 4) is 0 Å². The van der Waals surface area contributed by atoms with Gasteiger partial charge in [-0.3, -0.25) is 24.2 Å². The fourth-order valence-corrected chi connectivity index (χ4v) is 3.39. The summed E-state index contributed by atoms with van der Waals surface area (Å²) in [5, 5.41) is 26.3. The number of nitrogens with two attached hydrogens (primary N) is 1. The molecule has 2 atom stereocenters. The SMILES string of the molecule is Nc1nc2c(c(=O)[nH]1)N(C=O)C(CNc1ccc(C(=O)NC(CCC(=O)O)C(=O)O)cc1)CN2.O.O.O.O.O.O.[Ca]. The second-order valence-corrected chi connectivity index (χ2v) is 7.45. The van der Waals surface area contributed by atoms with E-state index in [2.05, 4.69) is 25.9 Å². The molecule has 1 aromatic carbocycles. The molecule has 0 fully saturated rings. The van der Waals surface area contributed by atoms with E-state index in [4.69, 9.17) is 10.8 Å². The van der Waals surface area contributed by atoms with Crippen LogP contribution in [0.25, 0.3) is 0 Å². The van der Waals surface area contributed by atoms with Gasteiger partial charge in [0.1, 0.15) is 6.04 Å². The minimum absolute atomic E-state index is 0. The number of hydrogen-bond acceptors (Lipinski definition) is 9. The average molecular weight is 622 g/mol. The van der Waals surface area contributed by atoms with Crippen molar-refractivity contribution in [2.45, 2.75) is 24.9 Å². The van der Waals surface area contributed by atoms with Crippen molar-refractivity contribution in [3.05, 3.63) is 40.2 Å². The van der Waals surface area contributed by atoms with Gasteiger partial charge in [-0.15, -0.1) is 0 Å². The van der Waals surface area contributed by atoms with Gasteiger partial charge in [0, 0.05) is 68.5 Å². The second kappa shape index (κ2) is 21.2. The predicted molar refractivity (Wildman–Crippen MR) is 148 cm³/mol. The van der Waals surface area contributed by atoms with Gasteiger partial charge in [0.25, 0.3) is 11.5 Å². The van der Waals surface area contributed by atoms with Gasteiger partial charge in [0.2, 0.25) is 12.4 Å². The summed E-state index contributed by atoms with van der Waals surface area (Å²) in [5.74, 6) is -3.00. The number of benzene rings is 1. The molecule has 2 heterocycles. The number of carboxylic acids is 2. The Morgan fingerprint density at radius 1 is 1.10 bits per heavy atom. The maximum Gasteiger partial charge on any atom is 0.326 e. The number of carbonyl (C=O) groups is 4. The summed E-state index contributed by atoms with van der Waals surface area (Å²) in [6, 6.07) is 4.36. The third-order valence-corrected chi connectivity index (χ3v) is 5.12. The first-order valence-electron chi connectivity index (χ1n) is 10.2. The third-order valence-electron chi connectivity index (χ3n) is 5.12. The Morgan fingerprint density at radius 3 is 2.20 bits per heavy atom. The van der Waals surface area contributed by atoms with E-state index in [1.54, 1.807) is 12.1 Å². The van der Waals surface area contributed by atoms with Crippen LogP contribution in [0.1, 0.15) is 23.2 Å². The van der Waals surface area contributed by atoms with E-state index in [1.165, 1.54) is 17.0 Å². The van der Waals surface area contributed by atoms with Crippen LogP contribution in [0.4, 0.5) is 23.1 Å². The zero-order valence-electron chi connectivity index (χ0n) is 21.5. The number of carboxylic acid groups (broad SMARTS) is 2. The van der Waals surface area contributed by atoms with E-state index in [0.29, 0.717) is 18.6 Å². The number of anilines is 4. The van der Waals surface area contributed by atoms with E-state index < -0.39 is 41.9 Å². The zero-order valence-corrected chi connectivity index (χ0v) is 23.7. The standard InChI is InChI=1S/C20H23N7O7.Ca.6H2O/c21-20-25-16-15(18(32)26-20)27(9-28)12(8-23-16)7-22-11-3-1-10(2-4-11)17(31)24-13(19(33)34)5-6-14(29)30;;;;;;;/h1-4,9,12-13,22H,5-8H2,(H,24,31)(H,29,30)(H,33,34)(H4,21,23,25,26,32);;6*1H2. The molecule has 1 aliphatic rings. The van der Waals surface area contributed by atoms with Crippen LogP contribution >= 0.6 is 0 Å². The van der Waals surface area contributed by atoms with E-state index in [9.17, 15) is 29.1 Å². The van der Waals surface area contributed by atoms with Crippen LogP contribution in [0.3, 0.4) is 0 Å². The first-order chi connectivity index (χ1) is 16.2.